The second-order valence-electron chi connectivity index (χ2n) is 4.04. The maximum atomic E-state index is 13.3. The normalized spacial score (nSPS) is 11.1. The molecule has 5 nitrogen and oxygen atoms in total. The molecule has 2 N–H and O–H groups in total. The first-order chi connectivity index (χ1) is 9.81. The molecular weight excluding hydrogens is 321 g/mol. The van der Waals surface area contributed by atoms with Crippen molar-refractivity contribution in [2.24, 2.45) is 0 Å². The van der Waals surface area contributed by atoms with Crippen molar-refractivity contribution >= 4 is 33.3 Å². The molecule has 21 heavy (non-hydrogen) atoms. The molecule has 0 aromatic heterocycles. The summed E-state index contributed by atoms with van der Waals surface area (Å²) < 4.78 is 39.7. The summed E-state index contributed by atoms with van der Waals surface area (Å²) in [5.41, 5.74) is -0.705. The molecule has 110 valence electrons. The Hall–Kier alpha value is -2.12. The van der Waals surface area contributed by atoms with Gasteiger partial charge in [-0.3, -0.25) is 4.72 Å². The van der Waals surface area contributed by atoms with Gasteiger partial charge in [-0.2, -0.15) is 0 Å². The van der Waals surface area contributed by atoms with Crippen LogP contribution in [0.25, 0.3) is 0 Å². The predicted octanol–water partition coefficient (Wildman–Crippen LogP) is 2.98. The van der Waals surface area contributed by atoms with Crippen LogP contribution in [0.1, 0.15) is 10.4 Å². The van der Waals surface area contributed by atoms with Crippen LogP contribution in [0.5, 0.6) is 0 Å². The molecule has 8 heteroatoms. The third-order valence-corrected chi connectivity index (χ3v) is 4.46. The molecule has 0 bridgehead atoms. The van der Waals surface area contributed by atoms with Crippen molar-refractivity contribution in [1.29, 1.82) is 0 Å². The number of sulfonamides is 1. The van der Waals surface area contributed by atoms with E-state index in [-0.39, 0.29) is 15.6 Å². The molecular formula is C13H9ClFNO4S. The molecule has 0 saturated carbocycles. The van der Waals surface area contributed by atoms with E-state index in [1.807, 2.05) is 0 Å². The number of nitrogens with one attached hydrogen (secondary N) is 1. The van der Waals surface area contributed by atoms with Gasteiger partial charge in [0.05, 0.1) is 10.6 Å². The molecule has 0 heterocycles. The predicted molar refractivity (Wildman–Crippen MR) is 75.6 cm³/mol. The third-order valence-electron chi connectivity index (χ3n) is 2.58. The number of carboxylic acids is 1. The van der Waals surface area contributed by atoms with Crippen molar-refractivity contribution in [2.75, 3.05) is 4.72 Å². The Balaban J connectivity index is 2.40. The average molecular weight is 330 g/mol. The fourth-order valence-electron chi connectivity index (χ4n) is 1.63. The van der Waals surface area contributed by atoms with Crippen LogP contribution >= 0.6 is 11.6 Å². The lowest BCUT2D eigenvalue weighted by molar-refractivity contribution is 0.0692. The van der Waals surface area contributed by atoms with Gasteiger partial charge in [0.1, 0.15) is 10.7 Å². The second kappa shape index (κ2) is 5.71. The van der Waals surface area contributed by atoms with Crippen molar-refractivity contribution < 1.29 is 22.7 Å². The van der Waals surface area contributed by atoms with Crippen LogP contribution in [-0.4, -0.2) is 19.5 Å². The molecule has 2 aromatic carbocycles. The van der Waals surface area contributed by atoms with Crippen LogP contribution < -0.4 is 4.72 Å². The Labute approximate surface area is 125 Å². The highest BCUT2D eigenvalue weighted by molar-refractivity contribution is 7.92. The van der Waals surface area contributed by atoms with E-state index in [4.69, 9.17) is 16.7 Å². The number of benzene rings is 2. The standard InChI is InChI=1S/C13H9ClFNO4S/c14-10-3-1-2-4-12(10)21(19,20)16-8-5-6-11(15)9(7-8)13(17)18/h1-7,16H,(H,17,18). The molecule has 0 aliphatic heterocycles. The SMILES string of the molecule is O=C(O)c1cc(NS(=O)(=O)c2ccccc2Cl)ccc1F. The van der Waals surface area contributed by atoms with Gasteiger partial charge in [0, 0.05) is 5.69 Å². The number of hydrogen-bond acceptors (Lipinski definition) is 3. The van der Waals surface area contributed by atoms with Gasteiger partial charge in [0.2, 0.25) is 0 Å². The van der Waals surface area contributed by atoms with E-state index in [1.54, 1.807) is 6.07 Å². The molecule has 0 radical (unpaired) electrons. The van der Waals surface area contributed by atoms with E-state index in [2.05, 4.69) is 4.72 Å². The first-order valence-electron chi connectivity index (χ1n) is 5.61. The molecule has 0 atom stereocenters. The Bertz CT molecular complexity index is 808. The fourth-order valence-corrected chi connectivity index (χ4v) is 3.20. The van der Waals surface area contributed by atoms with E-state index >= 15 is 0 Å². The Morgan fingerprint density at radius 3 is 2.48 bits per heavy atom. The highest BCUT2D eigenvalue weighted by Crippen LogP contribution is 2.24. The summed E-state index contributed by atoms with van der Waals surface area (Å²) >= 11 is 5.81. The lowest BCUT2D eigenvalue weighted by Crippen LogP contribution is -2.14. The van der Waals surface area contributed by atoms with Gasteiger partial charge < -0.3 is 5.11 Å². The zero-order valence-corrected chi connectivity index (χ0v) is 12.0. The monoisotopic (exact) mass is 329 g/mol. The van der Waals surface area contributed by atoms with Gasteiger partial charge in [-0.05, 0) is 30.3 Å². The van der Waals surface area contributed by atoms with Crippen LogP contribution in [0.4, 0.5) is 10.1 Å². The van der Waals surface area contributed by atoms with Crippen LogP contribution in [0.15, 0.2) is 47.4 Å². The Kier molecular flexibility index (Phi) is 4.15. The molecule has 0 amide bonds. The molecule has 2 rings (SSSR count). The van der Waals surface area contributed by atoms with E-state index in [9.17, 15) is 17.6 Å². The van der Waals surface area contributed by atoms with Crippen LogP contribution in [0.2, 0.25) is 5.02 Å². The minimum absolute atomic E-state index is 0.0190. The quantitative estimate of drug-likeness (QED) is 0.903. The van der Waals surface area contributed by atoms with Crippen molar-refractivity contribution in [3.8, 4) is 0 Å². The average Bonchev–Trinajstić information content (AvgIpc) is 2.40. The summed E-state index contributed by atoms with van der Waals surface area (Å²) in [4.78, 5) is 10.7. The molecule has 0 aliphatic carbocycles. The minimum atomic E-state index is -4.00. The van der Waals surface area contributed by atoms with Gasteiger partial charge >= 0.3 is 5.97 Å². The molecule has 0 spiro atoms. The molecule has 0 saturated heterocycles. The molecule has 0 fully saturated rings. The maximum Gasteiger partial charge on any atom is 0.338 e. The zero-order valence-electron chi connectivity index (χ0n) is 10.4. The number of anilines is 1. The van der Waals surface area contributed by atoms with Crippen LogP contribution in [0, 0.1) is 5.82 Å². The molecule has 0 unspecified atom stereocenters. The molecule has 0 aliphatic rings. The van der Waals surface area contributed by atoms with Gasteiger partial charge in [0.15, 0.2) is 0 Å². The lowest BCUT2D eigenvalue weighted by Gasteiger charge is -2.10. The summed E-state index contributed by atoms with van der Waals surface area (Å²) in [6, 6.07) is 8.65. The highest BCUT2D eigenvalue weighted by Gasteiger charge is 2.19. The van der Waals surface area contributed by atoms with Crippen molar-refractivity contribution in [3.05, 3.63) is 58.9 Å². The highest BCUT2D eigenvalue weighted by atomic mass is 35.5. The number of rotatable bonds is 4. The summed E-state index contributed by atoms with van der Waals surface area (Å²) in [7, 11) is -4.00. The van der Waals surface area contributed by atoms with Gasteiger partial charge in [-0.15, -0.1) is 0 Å². The third kappa shape index (κ3) is 3.32. The molecule has 2 aromatic rings. The number of halogens is 2. The van der Waals surface area contributed by atoms with Gasteiger partial charge in [-0.25, -0.2) is 17.6 Å². The number of carboxylic acid groups (broad SMARTS) is 1. The van der Waals surface area contributed by atoms with E-state index in [0.717, 1.165) is 18.2 Å². The first kappa shape index (κ1) is 15.3. The minimum Gasteiger partial charge on any atom is -0.478 e. The number of hydrogen-bond donors (Lipinski definition) is 2. The number of carbonyl (C=O) groups is 1. The van der Waals surface area contributed by atoms with Crippen molar-refractivity contribution in [1.82, 2.24) is 0 Å². The largest absolute Gasteiger partial charge is 0.478 e. The Morgan fingerprint density at radius 2 is 1.86 bits per heavy atom. The van der Waals surface area contributed by atoms with Crippen molar-refractivity contribution in [2.45, 2.75) is 4.90 Å². The first-order valence-corrected chi connectivity index (χ1v) is 7.47. The van der Waals surface area contributed by atoms with E-state index in [0.29, 0.717) is 0 Å². The maximum absolute atomic E-state index is 13.3. The summed E-state index contributed by atoms with van der Waals surface area (Å²) in [5, 5.41) is 8.83. The summed E-state index contributed by atoms with van der Waals surface area (Å²) in [5.74, 6) is -2.45. The van der Waals surface area contributed by atoms with E-state index < -0.39 is 27.4 Å². The summed E-state index contributed by atoms with van der Waals surface area (Å²) in [6.07, 6.45) is 0. The van der Waals surface area contributed by atoms with E-state index in [1.165, 1.54) is 18.2 Å². The topological polar surface area (TPSA) is 83.5 Å². The fraction of sp³-hybridized carbons (Fsp3) is 0. The Morgan fingerprint density at radius 1 is 1.19 bits per heavy atom. The van der Waals surface area contributed by atoms with Gasteiger partial charge in [-0.1, -0.05) is 23.7 Å². The summed E-state index contributed by atoms with van der Waals surface area (Å²) in [6.45, 7) is 0. The lowest BCUT2D eigenvalue weighted by atomic mass is 10.2. The zero-order chi connectivity index (χ0) is 15.6. The smallest absolute Gasteiger partial charge is 0.338 e. The second-order valence-corrected chi connectivity index (χ2v) is 6.09. The van der Waals surface area contributed by atoms with Crippen LogP contribution in [0.3, 0.4) is 0 Å². The van der Waals surface area contributed by atoms with Crippen LogP contribution in [-0.2, 0) is 10.0 Å². The number of aromatic carboxylic acids is 1. The van der Waals surface area contributed by atoms with Gasteiger partial charge in [0.25, 0.3) is 10.0 Å². The van der Waals surface area contributed by atoms with Crippen molar-refractivity contribution in [3.63, 3.8) is 0 Å².